The Morgan fingerprint density at radius 3 is 2.76 bits per heavy atom. The third-order valence-electron chi connectivity index (χ3n) is 4.53. The molecule has 1 aliphatic rings. The first-order valence-corrected chi connectivity index (χ1v) is 10.4. The second-order valence-electron chi connectivity index (χ2n) is 7.96. The number of likely N-dealkylation sites (N-methyl/N-ethyl adjacent to an activating group) is 1. The van der Waals surface area contributed by atoms with Gasteiger partial charge in [0.15, 0.2) is 5.96 Å². The van der Waals surface area contributed by atoms with Crippen LogP contribution in [0.5, 0.6) is 0 Å². The van der Waals surface area contributed by atoms with Gasteiger partial charge in [-0.1, -0.05) is 26.0 Å². The fourth-order valence-electron chi connectivity index (χ4n) is 2.81. The molecule has 1 aromatic rings. The summed E-state index contributed by atoms with van der Waals surface area (Å²) in [5.74, 6) is 2.06. The standard InChI is InChI=1S/C22H36N4O2.HI/c1-5-23-22(26(4)11-12-28-16-18-9-10-18)24-15-19-7-6-8-20(14-19)25-21(27)13-17(2)3;/h6-8,14,17-18H,5,9-13,15-16H2,1-4H3,(H,23,24)(H,25,27);1H. The van der Waals surface area contributed by atoms with Gasteiger partial charge in [-0.2, -0.15) is 0 Å². The fraction of sp³-hybridized carbons (Fsp3) is 0.636. The average Bonchev–Trinajstić information content (AvgIpc) is 3.46. The summed E-state index contributed by atoms with van der Waals surface area (Å²) in [5.41, 5.74) is 1.89. The summed E-state index contributed by atoms with van der Waals surface area (Å²) in [5, 5.41) is 6.30. The number of hydrogen-bond acceptors (Lipinski definition) is 3. The first kappa shape index (κ1) is 25.7. The molecule has 0 spiro atoms. The maximum absolute atomic E-state index is 12.0. The van der Waals surface area contributed by atoms with Gasteiger partial charge in [0.2, 0.25) is 5.91 Å². The maximum atomic E-state index is 12.0. The summed E-state index contributed by atoms with van der Waals surface area (Å²) in [6, 6.07) is 7.89. The van der Waals surface area contributed by atoms with Crippen molar-refractivity contribution < 1.29 is 9.53 Å². The Bertz CT molecular complexity index is 647. The van der Waals surface area contributed by atoms with Gasteiger partial charge >= 0.3 is 0 Å². The highest BCUT2D eigenvalue weighted by atomic mass is 127. The van der Waals surface area contributed by atoms with Gasteiger partial charge in [-0.3, -0.25) is 4.79 Å². The number of ether oxygens (including phenoxy) is 1. The SMILES string of the molecule is CCNC(=NCc1cccc(NC(=O)CC(C)C)c1)N(C)CCOCC1CC1.I. The van der Waals surface area contributed by atoms with E-state index in [0.717, 1.165) is 49.4 Å². The number of carbonyl (C=O) groups is 1. The molecule has 0 aromatic heterocycles. The number of hydrogen-bond donors (Lipinski definition) is 2. The molecular weight excluding hydrogens is 479 g/mol. The van der Waals surface area contributed by atoms with Crippen LogP contribution >= 0.6 is 24.0 Å². The highest BCUT2D eigenvalue weighted by molar-refractivity contribution is 14.0. The molecule has 0 heterocycles. The van der Waals surface area contributed by atoms with E-state index in [0.29, 0.717) is 18.9 Å². The minimum atomic E-state index is 0. The van der Waals surface area contributed by atoms with Crippen molar-refractivity contribution in [2.24, 2.45) is 16.8 Å². The molecule has 0 saturated heterocycles. The number of aliphatic imine (C=N–C) groups is 1. The smallest absolute Gasteiger partial charge is 0.224 e. The summed E-state index contributed by atoms with van der Waals surface area (Å²) in [6.07, 6.45) is 3.16. The van der Waals surface area contributed by atoms with Gasteiger partial charge < -0.3 is 20.3 Å². The van der Waals surface area contributed by atoms with Crippen LogP contribution in [0.25, 0.3) is 0 Å². The molecule has 7 heteroatoms. The molecular formula is C22H37IN4O2. The average molecular weight is 516 g/mol. The van der Waals surface area contributed by atoms with E-state index in [1.54, 1.807) is 0 Å². The minimum absolute atomic E-state index is 0. The number of amides is 1. The second-order valence-corrected chi connectivity index (χ2v) is 7.96. The molecule has 0 bridgehead atoms. The van der Waals surface area contributed by atoms with Crippen LogP contribution in [0, 0.1) is 11.8 Å². The number of anilines is 1. The fourth-order valence-corrected chi connectivity index (χ4v) is 2.81. The van der Waals surface area contributed by atoms with Crippen LogP contribution in [-0.2, 0) is 16.1 Å². The number of rotatable bonds is 11. The lowest BCUT2D eigenvalue weighted by atomic mass is 10.1. The molecule has 1 amide bonds. The van der Waals surface area contributed by atoms with E-state index in [-0.39, 0.29) is 29.9 Å². The Balaban J connectivity index is 0.00000420. The Hall–Kier alpha value is -1.35. The molecule has 29 heavy (non-hydrogen) atoms. The number of nitrogens with zero attached hydrogens (tertiary/aromatic N) is 2. The Kier molecular flexibility index (Phi) is 12.2. The third kappa shape index (κ3) is 10.8. The van der Waals surface area contributed by atoms with E-state index in [9.17, 15) is 4.79 Å². The van der Waals surface area contributed by atoms with Gasteiger partial charge in [-0.25, -0.2) is 4.99 Å². The minimum Gasteiger partial charge on any atom is -0.379 e. The molecule has 1 saturated carbocycles. The molecule has 6 nitrogen and oxygen atoms in total. The van der Waals surface area contributed by atoms with E-state index < -0.39 is 0 Å². The largest absolute Gasteiger partial charge is 0.379 e. The molecule has 1 aliphatic carbocycles. The zero-order valence-corrected chi connectivity index (χ0v) is 20.6. The van der Waals surface area contributed by atoms with E-state index >= 15 is 0 Å². The third-order valence-corrected chi connectivity index (χ3v) is 4.53. The van der Waals surface area contributed by atoms with Gasteiger partial charge in [0, 0.05) is 38.9 Å². The Labute approximate surface area is 192 Å². The van der Waals surface area contributed by atoms with Crippen LogP contribution in [-0.4, -0.2) is 50.1 Å². The van der Waals surface area contributed by atoms with E-state index in [1.807, 2.05) is 45.2 Å². The van der Waals surface area contributed by atoms with Crippen molar-refractivity contribution in [1.82, 2.24) is 10.2 Å². The lowest BCUT2D eigenvalue weighted by molar-refractivity contribution is -0.116. The molecule has 0 radical (unpaired) electrons. The zero-order chi connectivity index (χ0) is 20.4. The van der Waals surface area contributed by atoms with E-state index in [2.05, 4.69) is 22.5 Å². The predicted molar refractivity (Wildman–Crippen MR) is 131 cm³/mol. The summed E-state index contributed by atoms with van der Waals surface area (Å²) >= 11 is 0. The monoisotopic (exact) mass is 516 g/mol. The normalized spacial score (nSPS) is 13.8. The number of halogens is 1. The molecule has 164 valence electrons. The summed E-state index contributed by atoms with van der Waals surface area (Å²) in [7, 11) is 2.03. The van der Waals surface area contributed by atoms with Crippen LogP contribution in [0.4, 0.5) is 5.69 Å². The van der Waals surface area contributed by atoms with Crippen LogP contribution in [0.1, 0.15) is 45.6 Å². The van der Waals surface area contributed by atoms with Gasteiger partial charge in [0.25, 0.3) is 0 Å². The number of benzene rings is 1. The predicted octanol–water partition coefficient (Wildman–Crippen LogP) is 4.11. The van der Waals surface area contributed by atoms with E-state index in [1.165, 1.54) is 12.8 Å². The van der Waals surface area contributed by atoms with Crippen molar-refractivity contribution in [2.45, 2.75) is 46.6 Å². The van der Waals surface area contributed by atoms with Crippen molar-refractivity contribution in [3.8, 4) is 0 Å². The second kappa shape index (κ2) is 13.8. The van der Waals surface area contributed by atoms with Crippen molar-refractivity contribution >= 4 is 41.5 Å². The molecule has 0 aliphatic heterocycles. The lowest BCUT2D eigenvalue weighted by Crippen LogP contribution is -2.40. The Morgan fingerprint density at radius 2 is 2.10 bits per heavy atom. The van der Waals surface area contributed by atoms with Gasteiger partial charge in [0.05, 0.1) is 13.2 Å². The van der Waals surface area contributed by atoms with Crippen molar-refractivity contribution in [1.29, 1.82) is 0 Å². The summed E-state index contributed by atoms with van der Waals surface area (Å²) < 4.78 is 5.73. The van der Waals surface area contributed by atoms with Crippen LogP contribution in [0.15, 0.2) is 29.3 Å². The van der Waals surface area contributed by atoms with E-state index in [4.69, 9.17) is 9.73 Å². The highest BCUT2D eigenvalue weighted by Gasteiger charge is 2.21. The van der Waals surface area contributed by atoms with Crippen molar-refractivity contribution in [2.75, 3.05) is 38.7 Å². The maximum Gasteiger partial charge on any atom is 0.224 e. The molecule has 2 rings (SSSR count). The number of nitrogens with one attached hydrogen (secondary N) is 2. The number of guanidine groups is 1. The molecule has 1 aromatic carbocycles. The quantitative estimate of drug-likeness (QED) is 0.201. The Morgan fingerprint density at radius 1 is 1.34 bits per heavy atom. The lowest BCUT2D eigenvalue weighted by Gasteiger charge is -2.22. The van der Waals surface area contributed by atoms with Crippen molar-refractivity contribution in [3.63, 3.8) is 0 Å². The van der Waals surface area contributed by atoms with Gasteiger partial charge in [-0.15, -0.1) is 24.0 Å². The number of carbonyl (C=O) groups excluding carboxylic acids is 1. The zero-order valence-electron chi connectivity index (χ0n) is 18.2. The van der Waals surface area contributed by atoms with Crippen LogP contribution in [0.3, 0.4) is 0 Å². The topological polar surface area (TPSA) is 66.0 Å². The molecule has 1 fully saturated rings. The first-order valence-electron chi connectivity index (χ1n) is 10.4. The molecule has 0 atom stereocenters. The van der Waals surface area contributed by atoms with Gasteiger partial charge in [-0.05, 0) is 49.3 Å². The summed E-state index contributed by atoms with van der Waals surface area (Å²) in [6.45, 7) is 9.94. The van der Waals surface area contributed by atoms with Crippen LogP contribution in [0.2, 0.25) is 0 Å². The summed E-state index contributed by atoms with van der Waals surface area (Å²) in [4.78, 5) is 18.8. The van der Waals surface area contributed by atoms with Crippen molar-refractivity contribution in [3.05, 3.63) is 29.8 Å². The first-order chi connectivity index (χ1) is 13.5. The van der Waals surface area contributed by atoms with Gasteiger partial charge in [0.1, 0.15) is 0 Å². The highest BCUT2D eigenvalue weighted by Crippen LogP contribution is 2.28. The molecule has 0 unspecified atom stereocenters. The molecule has 2 N–H and O–H groups in total. The van der Waals surface area contributed by atoms with Crippen LogP contribution < -0.4 is 10.6 Å².